The van der Waals surface area contributed by atoms with Crippen LogP contribution in [0.4, 0.5) is 5.69 Å². The zero-order chi connectivity index (χ0) is 17.2. The lowest BCUT2D eigenvalue weighted by atomic mass is 9.97. The van der Waals surface area contributed by atoms with E-state index >= 15 is 0 Å². The maximum Gasteiger partial charge on any atom is 0.220 e. The van der Waals surface area contributed by atoms with Crippen LogP contribution in [-0.4, -0.2) is 15.7 Å². The molecule has 4 rings (SSSR count). The normalized spacial score (nSPS) is 21.3. The van der Waals surface area contributed by atoms with E-state index in [1.165, 1.54) is 24.1 Å². The number of fused-ring (bicyclic) bond motifs is 1. The number of nitrogens with zero attached hydrogens (tertiary/aromatic N) is 2. The van der Waals surface area contributed by atoms with Crippen LogP contribution < -0.4 is 10.6 Å². The molecule has 25 heavy (non-hydrogen) atoms. The molecule has 0 spiro atoms. The number of anilines is 1. The lowest BCUT2D eigenvalue weighted by Crippen LogP contribution is -2.32. The van der Waals surface area contributed by atoms with Crippen molar-refractivity contribution in [1.29, 1.82) is 0 Å². The third-order valence-corrected chi connectivity index (χ3v) is 5.28. The van der Waals surface area contributed by atoms with Crippen molar-refractivity contribution < 1.29 is 4.79 Å². The minimum absolute atomic E-state index is 0.137. The predicted octanol–water partition coefficient (Wildman–Crippen LogP) is 3.73. The Balaban J connectivity index is 1.47. The third kappa shape index (κ3) is 3.55. The molecular formula is C20H26N4O. The third-order valence-electron chi connectivity index (χ3n) is 5.28. The number of amides is 1. The number of hydrogen-bond acceptors (Lipinski definition) is 3. The van der Waals surface area contributed by atoms with Gasteiger partial charge in [-0.1, -0.05) is 12.1 Å². The van der Waals surface area contributed by atoms with Crippen LogP contribution >= 0.6 is 0 Å². The van der Waals surface area contributed by atoms with Gasteiger partial charge in [-0.25, -0.2) is 0 Å². The first kappa shape index (κ1) is 16.2. The van der Waals surface area contributed by atoms with E-state index in [2.05, 4.69) is 52.6 Å². The summed E-state index contributed by atoms with van der Waals surface area (Å²) in [5, 5.41) is 11.4. The standard InChI is InChI=1S/C20H26N4O/c1-14(19-13-17-8-2-3-11-24(17)23-19)21-16-7-4-6-15(12-16)18-9-5-10-20(25)22-18/h4,6-7,12-14,18,21H,2-3,5,8-11H2,1H3,(H,22,25). The number of benzene rings is 1. The Labute approximate surface area is 148 Å². The maximum atomic E-state index is 11.7. The van der Waals surface area contributed by atoms with Gasteiger partial charge in [0.25, 0.3) is 0 Å². The van der Waals surface area contributed by atoms with Crippen LogP contribution in [0.15, 0.2) is 30.3 Å². The Morgan fingerprint density at radius 1 is 1.24 bits per heavy atom. The summed E-state index contributed by atoms with van der Waals surface area (Å²) in [6, 6.07) is 10.9. The molecule has 2 aliphatic heterocycles. The number of carbonyl (C=O) groups is 1. The van der Waals surface area contributed by atoms with Gasteiger partial charge in [-0.15, -0.1) is 0 Å². The Morgan fingerprint density at radius 3 is 3.00 bits per heavy atom. The topological polar surface area (TPSA) is 59.0 Å². The van der Waals surface area contributed by atoms with Crippen LogP contribution in [0.25, 0.3) is 0 Å². The van der Waals surface area contributed by atoms with E-state index in [1.807, 2.05) is 0 Å². The maximum absolute atomic E-state index is 11.7. The van der Waals surface area contributed by atoms with E-state index in [4.69, 9.17) is 5.10 Å². The van der Waals surface area contributed by atoms with Crippen LogP contribution in [-0.2, 0) is 17.8 Å². The summed E-state index contributed by atoms with van der Waals surface area (Å²) in [6.07, 6.45) is 6.25. The molecule has 2 unspecified atom stereocenters. The molecule has 2 aromatic rings. The lowest BCUT2D eigenvalue weighted by Gasteiger charge is -2.24. The highest BCUT2D eigenvalue weighted by atomic mass is 16.1. The van der Waals surface area contributed by atoms with E-state index in [9.17, 15) is 4.79 Å². The number of hydrogen-bond donors (Lipinski definition) is 2. The zero-order valence-electron chi connectivity index (χ0n) is 14.8. The predicted molar refractivity (Wildman–Crippen MR) is 98.4 cm³/mol. The minimum Gasteiger partial charge on any atom is -0.377 e. The van der Waals surface area contributed by atoms with Gasteiger partial charge in [0.05, 0.1) is 17.8 Å². The highest BCUT2D eigenvalue weighted by Crippen LogP contribution is 2.27. The molecule has 132 valence electrons. The Hall–Kier alpha value is -2.30. The van der Waals surface area contributed by atoms with Crippen molar-refractivity contribution in [1.82, 2.24) is 15.1 Å². The fourth-order valence-corrected chi connectivity index (χ4v) is 3.88. The fourth-order valence-electron chi connectivity index (χ4n) is 3.88. The van der Waals surface area contributed by atoms with Gasteiger partial charge in [0.15, 0.2) is 0 Å². The second-order valence-electron chi connectivity index (χ2n) is 7.24. The van der Waals surface area contributed by atoms with Crippen molar-refractivity contribution in [2.24, 2.45) is 0 Å². The number of piperidine rings is 1. The van der Waals surface area contributed by atoms with Crippen LogP contribution in [0.5, 0.6) is 0 Å². The summed E-state index contributed by atoms with van der Waals surface area (Å²) in [5.74, 6) is 0.159. The van der Waals surface area contributed by atoms with Crippen LogP contribution in [0.2, 0.25) is 0 Å². The Kier molecular flexibility index (Phi) is 4.47. The first-order valence-corrected chi connectivity index (χ1v) is 9.41. The molecule has 0 aliphatic carbocycles. The molecule has 0 saturated carbocycles. The summed E-state index contributed by atoms with van der Waals surface area (Å²) in [5.41, 5.74) is 4.71. The van der Waals surface area contributed by atoms with Crippen molar-refractivity contribution in [3.05, 3.63) is 47.3 Å². The summed E-state index contributed by atoms with van der Waals surface area (Å²) in [7, 11) is 0. The summed E-state index contributed by atoms with van der Waals surface area (Å²) < 4.78 is 2.16. The molecule has 3 heterocycles. The fraction of sp³-hybridized carbons (Fsp3) is 0.500. The van der Waals surface area contributed by atoms with Gasteiger partial charge < -0.3 is 10.6 Å². The Bertz CT molecular complexity index is 743. The molecule has 2 atom stereocenters. The molecule has 1 aromatic carbocycles. The van der Waals surface area contributed by atoms with Gasteiger partial charge >= 0.3 is 0 Å². The second-order valence-corrected chi connectivity index (χ2v) is 7.24. The van der Waals surface area contributed by atoms with Crippen molar-refractivity contribution in [2.45, 2.75) is 64.1 Å². The van der Waals surface area contributed by atoms with Crippen molar-refractivity contribution in [2.75, 3.05) is 5.32 Å². The largest absolute Gasteiger partial charge is 0.377 e. The summed E-state index contributed by atoms with van der Waals surface area (Å²) in [6.45, 7) is 3.20. The smallest absolute Gasteiger partial charge is 0.220 e. The average molecular weight is 338 g/mol. The van der Waals surface area contributed by atoms with Gasteiger partial charge in [0.1, 0.15) is 0 Å². The van der Waals surface area contributed by atoms with Crippen molar-refractivity contribution in [3.8, 4) is 0 Å². The highest BCUT2D eigenvalue weighted by Gasteiger charge is 2.20. The van der Waals surface area contributed by atoms with E-state index in [1.54, 1.807) is 0 Å². The summed E-state index contributed by atoms with van der Waals surface area (Å²) >= 11 is 0. The second kappa shape index (κ2) is 6.90. The number of aromatic nitrogens is 2. The number of carbonyl (C=O) groups excluding carboxylic acids is 1. The first-order chi connectivity index (χ1) is 12.2. The monoisotopic (exact) mass is 338 g/mol. The van der Waals surface area contributed by atoms with Crippen LogP contribution in [0.3, 0.4) is 0 Å². The number of aryl methyl sites for hydroxylation is 2. The van der Waals surface area contributed by atoms with Crippen LogP contribution in [0.1, 0.15) is 68.1 Å². The van der Waals surface area contributed by atoms with E-state index in [0.717, 1.165) is 37.2 Å². The number of nitrogens with one attached hydrogen (secondary N) is 2. The molecule has 1 saturated heterocycles. The molecule has 2 N–H and O–H groups in total. The molecule has 2 aliphatic rings. The van der Waals surface area contributed by atoms with Crippen molar-refractivity contribution in [3.63, 3.8) is 0 Å². The van der Waals surface area contributed by atoms with Crippen LogP contribution in [0, 0.1) is 0 Å². The highest BCUT2D eigenvalue weighted by molar-refractivity contribution is 5.77. The molecule has 5 nitrogen and oxygen atoms in total. The van der Waals surface area contributed by atoms with Gasteiger partial charge in [-0.2, -0.15) is 5.10 Å². The first-order valence-electron chi connectivity index (χ1n) is 9.41. The SMILES string of the molecule is CC(Nc1cccc(C2CCCC(=O)N2)c1)c1cc2n(n1)CCCC2. The van der Waals surface area contributed by atoms with E-state index in [0.29, 0.717) is 6.42 Å². The molecule has 1 fully saturated rings. The zero-order valence-corrected chi connectivity index (χ0v) is 14.8. The minimum atomic E-state index is 0.137. The molecule has 5 heteroatoms. The van der Waals surface area contributed by atoms with E-state index < -0.39 is 0 Å². The van der Waals surface area contributed by atoms with E-state index in [-0.39, 0.29) is 18.0 Å². The molecule has 1 aromatic heterocycles. The quantitative estimate of drug-likeness (QED) is 0.893. The Morgan fingerprint density at radius 2 is 2.16 bits per heavy atom. The molecular weight excluding hydrogens is 312 g/mol. The van der Waals surface area contributed by atoms with Crippen molar-refractivity contribution >= 4 is 11.6 Å². The molecule has 1 amide bonds. The van der Waals surface area contributed by atoms with Gasteiger partial charge in [0.2, 0.25) is 5.91 Å². The van der Waals surface area contributed by atoms with Gasteiger partial charge in [-0.3, -0.25) is 9.48 Å². The summed E-state index contributed by atoms with van der Waals surface area (Å²) in [4.78, 5) is 11.7. The average Bonchev–Trinajstić information content (AvgIpc) is 3.06. The van der Waals surface area contributed by atoms with Gasteiger partial charge in [0, 0.05) is 24.3 Å². The lowest BCUT2D eigenvalue weighted by molar-refractivity contribution is -0.123. The molecule has 0 bridgehead atoms. The van der Waals surface area contributed by atoms with Gasteiger partial charge in [-0.05, 0) is 62.8 Å². The molecule has 0 radical (unpaired) electrons. The number of rotatable bonds is 4.